The molecule has 9 rings (SSSR count). The van der Waals surface area contributed by atoms with Crippen LogP contribution in [-0.4, -0.2) is 183 Å². The van der Waals surface area contributed by atoms with Gasteiger partial charge in [0.25, 0.3) is 16.1 Å². The number of hydrogen-bond acceptors (Lipinski definition) is 19. The molecule has 5 fully saturated rings. The minimum absolute atomic E-state index is 0.0295. The molecule has 86 heavy (non-hydrogen) atoms. The van der Waals surface area contributed by atoms with Crippen molar-refractivity contribution in [1.82, 2.24) is 43.7 Å². The summed E-state index contributed by atoms with van der Waals surface area (Å²) in [6, 6.07) is 9.50. The second kappa shape index (κ2) is 25.2. The summed E-state index contributed by atoms with van der Waals surface area (Å²) in [6.07, 6.45) is 5.17. The summed E-state index contributed by atoms with van der Waals surface area (Å²) in [4.78, 5) is 77.9. The molecule has 2 aromatic heterocycles. The maximum Gasteiger partial charge on any atom is 0.411 e. The van der Waals surface area contributed by atoms with E-state index in [4.69, 9.17) is 33.2 Å². The van der Waals surface area contributed by atoms with Gasteiger partial charge in [0, 0.05) is 87.2 Å². The number of ether oxygens (including phenoxy) is 7. The maximum absolute atomic E-state index is 13.8. The van der Waals surface area contributed by atoms with Crippen molar-refractivity contribution in [2.45, 2.75) is 134 Å². The monoisotopic (exact) mass is 1240 g/mol. The molecular weight excluding hydrogens is 1160 g/mol. The lowest BCUT2D eigenvalue weighted by atomic mass is 10.1. The third-order valence-electron chi connectivity index (χ3n) is 15.2. The molecule has 0 bridgehead atoms. The molecule has 5 aliphatic rings. The minimum Gasteiger partial charge on any atom is -0.496 e. The number of carbonyl (C=O) groups is 5. The number of nitrogens with zero attached hydrogens (tertiary/aromatic N) is 6. The van der Waals surface area contributed by atoms with Gasteiger partial charge in [0.1, 0.15) is 63.5 Å². The number of carbonyl (C=O) groups excluding carboxylic acids is 5. The summed E-state index contributed by atoms with van der Waals surface area (Å²) in [5, 5.41) is 12.2. The molecule has 470 valence electrons. The molecule has 1 unspecified atom stereocenters. The average molecular weight is 1240 g/mol. The molecule has 2 aliphatic carbocycles. The highest BCUT2D eigenvalue weighted by molar-refractivity contribution is 7.87. The van der Waals surface area contributed by atoms with Crippen LogP contribution in [0.15, 0.2) is 74.1 Å². The fourth-order valence-electron chi connectivity index (χ4n) is 10.4. The highest BCUT2D eigenvalue weighted by Crippen LogP contribution is 2.50. The second-order valence-electron chi connectivity index (χ2n) is 24.0. The van der Waals surface area contributed by atoms with Crippen LogP contribution in [0.4, 0.5) is 9.59 Å². The number of fused-ring (bicyclic) bond motifs is 2. The molecule has 2 aromatic carbocycles. The standard InChI is InChI=1S/C29H39N5O8S.C27H33N3O6.C2H8N2O2S/c1-9-18-15-29(18,26(36)32-43(38,39)33(6)7)31-25(35)21-14-19(16-34(21)27(37)42-28(3,4)5)41-23-12-13-30-24-17(2)22(40-8)11-10-20(23)24;1-7-16-13-27(16)24(31)35-23(29-27)19-12-17(14-30(19)25(32)36-26(3,4)5)34-21-10-11-28-22-15(2)20(33-6)9-8-18(21)22;1-4(2)7(3,5)6/h9-13,18-19,21H,1,14-16H2,2-8H3,(H,31,35)(H,32,36);7-11,16-17,19,23,29H,1,12-14H2,2-6H3;1-2H3,(H2,3,5,6)/t18-,19-,21+,29-;16-,17-,19+,23?,27-;/m11./s1. The van der Waals surface area contributed by atoms with Crippen molar-refractivity contribution in [3.63, 3.8) is 0 Å². The van der Waals surface area contributed by atoms with Gasteiger partial charge in [0.15, 0.2) is 6.23 Å². The minimum atomic E-state index is -4.11. The van der Waals surface area contributed by atoms with E-state index >= 15 is 0 Å². The molecule has 4 aromatic rings. The lowest BCUT2D eigenvalue weighted by molar-refractivity contribution is -0.145. The lowest BCUT2D eigenvalue weighted by Crippen LogP contribution is -2.57. The third-order valence-corrected chi connectivity index (χ3v) is 17.6. The number of nitrogens with one attached hydrogen (secondary N) is 3. The summed E-state index contributed by atoms with van der Waals surface area (Å²) >= 11 is 0. The second-order valence-corrected chi connectivity index (χ2v) is 27.7. The normalized spacial score (nSPS) is 25.1. The zero-order valence-electron chi connectivity index (χ0n) is 51.1. The van der Waals surface area contributed by atoms with E-state index in [2.05, 4.69) is 38.9 Å². The Hall–Kier alpha value is -7.37. The van der Waals surface area contributed by atoms with E-state index < -0.39 is 97.0 Å². The number of rotatable bonds is 15. The van der Waals surface area contributed by atoms with Crippen molar-refractivity contribution in [3.05, 3.63) is 85.2 Å². The number of cyclic esters (lactones) is 1. The number of pyridine rings is 2. The molecule has 2 saturated carbocycles. The number of methoxy groups -OCH3 is 2. The first-order valence-electron chi connectivity index (χ1n) is 27.7. The first-order valence-corrected chi connectivity index (χ1v) is 30.7. The van der Waals surface area contributed by atoms with E-state index in [1.807, 2.05) is 69.7 Å². The number of amides is 4. The molecule has 0 radical (unpaired) electrons. The number of aromatic nitrogens is 2. The van der Waals surface area contributed by atoms with Crippen LogP contribution >= 0.6 is 0 Å². The Labute approximate surface area is 502 Å². The van der Waals surface area contributed by atoms with Crippen LogP contribution in [-0.2, 0) is 49.0 Å². The van der Waals surface area contributed by atoms with Gasteiger partial charge in [-0.1, -0.05) is 12.2 Å². The SMILES string of the molecule is C=C[C@@H]1C[C@@]12NC([C@@H]1C[C@@H](Oc3ccnc4c(C)c(OC)ccc34)CN1C(=O)OC(C)(C)C)OC2=O.C=C[C@@H]1C[C@]1(NC(=O)[C@@H]1C[C@@H](Oc2ccnc3c(C)c(OC)ccc23)CN1C(=O)OC(C)(C)C)C(=O)NS(=O)(=O)N(C)C.CN(C)S(N)(=O)=O. The van der Waals surface area contributed by atoms with E-state index in [-0.39, 0.29) is 37.4 Å². The molecule has 28 heteroatoms. The largest absolute Gasteiger partial charge is 0.496 e. The first-order chi connectivity index (χ1) is 40.0. The van der Waals surface area contributed by atoms with Crippen molar-refractivity contribution in [2.75, 3.05) is 55.5 Å². The molecule has 5 heterocycles. The van der Waals surface area contributed by atoms with Gasteiger partial charge in [-0.05, 0) is 105 Å². The van der Waals surface area contributed by atoms with Crippen LogP contribution in [0.5, 0.6) is 23.0 Å². The van der Waals surface area contributed by atoms with Crippen molar-refractivity contribution in [2.24, 2.45) is 17.0 Å². The van der Waals surface area contributed by atoms with E-state index in [0.717, 1.165) is 41.8 Å². The Morgan fingerprint density at radius 2 is 1.21 bits per heavy atom. The highest BCUT2D eigenvalue weighted by atomic mass is 32.2. The van der Waals surface area contributed by atoms with Crippen LogP contribution in [0.25, 0.3) is 21.8 Å². The number of aryl methyl sites for hydroxylation is 2. The Morgan fingerprint density at radius 3 is 1.64 bits per heavy atom. The molecule has 3 aliphatic heterocycles. The van der Waals surface area contributed by atoms with Gasteiger partial charge in [-0.2, -0.15) is 25.4 Å². The molecular formula is C58H80N10O16S2. The molecule has 4 amide bonds. The number of esters is 1. The molecule has 26 nitrogen and oxygen atoms in total. The van der Waals surface area contributed by atoms with Crippen LogP contribution in [0, 0.1) is 25.7 Å². The van der Waals surface area contributed by atoms with Crippen molar-refractivity contribution < 1.29 is 74.0 Å². The number of hydrogen-bond donors (Lipinski definition) is 4. The number of benzene rings is 2. The van der Waals surface area contributed by atoms with Gasteiger partial charge in [0.2, 0.25) is 5.91 Å². The summed E-state index contributed by atoms with van der Waals surface area (Å²) in [5.74, 6) is 0.331. The maximum atomic E-state index is 13.8. The van der Waals surface area contributed by atoms with E-state index in [1.165, 1.54) is 39.2 Å². The quantitative estimate of drug-likeness (QED) is 0.0707. The smallest absolute Gasteiger partial charge is 0.411 e. The van der Waals surface area contributed by atoms with Gasteiger partial charge in [0.05, 0.1) is 44.4 Å². The predicted octanol–water partition coefficient (Wildman–Crippen LogP) is 4.77. The first kappa shape index (κ1) is 66.2. The van der Waals surface area contributed by atoms with E-state index in [0.29, 0.717) is 42.2 Å². The summed E-state index contributed by atoms with van der Waals surface area (Å²) in [7, 11) is 0.990. The summed E-state index contributed by atoms with van der Waals surface area (Å²) < 4.78 is 89.2. The van der Waals surface area contributed by atoms with Gasteiger partial charge in [-0.25, -0.2) is 24.2 Å². The van der Waals surface area contributed by atoms with Crippen LogP contribution in [0.3, 0.4) is 0 Å². The zero-order chi connectivity index (χ0) is 63.8. The van der Waals surface area contributed by atoms with Crippen molar-refractivity contribution in [3.8, 4) is 23.0 Å². The topological polar surface area (TPSA) is 319 Å². The number of nitrogens with two attached hydrogens (primary N) is 1. The molecule has 1 spiro atoms. The van der Waals surface area contributed by atoms with Crippen molar-refractivity contribution in [1.29, 1.82) is 0 Å². The highest BCUT2D eigenvalue weighted by Gasteiger charge is 2.67. The fourth-order valence-corrected chi connectivity index (χ4v) is 11.0. The lowest BCUT2D eigenvalue weighted by Gasteiger charge is -2.30. The zero-order valence-corrected chi connectivity index (χ0v) is 52.7. The van der Waals surface area contributed by atoms with Gasteiger partial charge in [-0.3, -0.25) is 34.7 Å². The van der Waals surface area contributed by atoms with Gasteiger partial charge in [-0.15, -0.1) is 13.2 Å². The van der Waals surface area contributed by atoms with Gasteiger partial charge >= 0.3 is 28.4 Å². The fraction of sp³-hybridized carbons (Fsp3) is 0.534. The van der Waals surface area contributed by atoms with Crippen LogP contribution in [0.2, 0.25) is 0 Å². The Morgan fingerprint density at radius 1 is 0.733 bits per heavy atom. The number of likely N-dealkylation sites (tertiary alicyclic amines) is 2. The van der Waals surface area contributed by atoms with Crippen molar-refractivity contribution >= 4 is 72.2 Å². The van der Waals surface area contributed by atoms with Crippen LogP contribution in [0.1, 0.15) is 78.4 Å². The Bertz CT molecular complexity index is 3520. The molecule has 3 saturated heterocycles. The summed E-state index contributed by atoms with van der Waals surface area (Å²) in [5.41, 5.74) is -0.508. The molecule has 9 atom stereocenters. The average Bonchev–Trinajstić information content (AvgIpc) is 1.58. The van der Waals surface area contributed by atoms with E-state index in [1.54, 1.807) is 64.4 Å². The van der Waals surface area contributed by atoms with E-state index in [9.17, 15) is 40.8 Å². The third kappa shape index (κ3) is 14.5. The predicted molar refractivity (Wildman–Crippen MR) is 318 cm³/mol. The Balaban J connectivity index is 0.000000224. The van der Waals surface area contributed by atoms with Gasteiger partial charge < -0.3 is 38.5 Å². The Kier molecular flexibility index (Phi) is 19.3. The molecule has 5 N–H and O–H groups in total. The van der Waals surface area contributed by atoms with Crippen LogP contribution < -0.4 is 39.4 Å². The summed E-state index contributed by atoms with van der Waals surface area (Å²) in [6.45, 7) is 22.3.